The van der Waals surface area contributed by atoms with Crippen molar-refractivity contribution in [1.29, 1.82) is 0 Å². The first-order chi connectivity index (χ1) is 12.7. The largest absolute Gasteiger partial charge is 0.480 e. The summed E-state index contributed by atoms with van der Waals surface area (Å²) < 4.78 is 0. The molecule has 1 aliphatic rings. The lowest BCUT2D eigenvalue weighted by molar-refractivity contribution is -0.175. The number of imide groups is 1. The Balaban J connectivity index is 2.12. The van der Waals surface area contributed by atoms with E-state index in [4.69, 9.17) is 11.5 Å². The normalized spacial score (nSPS) is 22.8. The minimum absolute atomic E-state index is 0.0302. The van der Waals surface area contributed by atoms with Crippen LogP contribution in [0.3, 0.4) is 0 Å². The second-order valence-electron chi connectivity index (χ2n) is 6.44. The highest BCUT2D eigenvalue weighted by molar-refractivity contribution is 6.10. The Morgan fingerprint density at radius 1 is 1.37 bits per heavy atom. The molecule has 27 heavy (non-hydrogen) atoms. The average molecular weight is 374 g/mol. The maximum absolute atomic E-state index is 12.5. The molecule has 1 fully saturated rings. The van der Waals surface area contributed by atoms with Crippen LogP contribution >= 0.6 is 0 Å². The van der Waals surface area contributed by atoms with Gasteiger partial charge in [-0.25, -0.2) is 14.5 Å². The molecule has 3 amide bonds. The Bertz CT molecular complexity index is 790. The fraction of sp³-hybridized carbons (Fsp3) is 0.353. The summed E-state index contributed by atoms with van der Waals surface area (Å²) in [5.74, 6) is -2.15. The van der Waals surface area contributed by atoms with E-state index in [2.05, 4.69) is 15.5 Å². The van der Waals surface area contributed by atoms with Gasteiger partial charge >= 0.3 is 12.0 Å². The van der Waals surface area contributed by atoms with Gasteiger partial charge in [0.2, 0.25) is 11.9 Å². The molecule has 3 atom stereocenters. The zero-order valence-electron chi connectivity index (χ0n) is 15.0. The number of nitrogens with two attached hydrogens (primary N) is 2. The van der Waals surface area contributed by atoms with Gasteiger partial charge in [0.25, 0.3) is 0 Å². The molecule has 0 saturated carbocycles. The highest BCUT2D eigenvalue weighted by atomic mass is 16.4. The lowest BCUT2D eigenvalue weighted by Gasteiger charge is -2.50. The van der Waals surface area contributed by atoms with Crippen molar-refractivity contribution in [2.45, 2.75) is 32.4 Å². The van der Waals surface area contributed by atoms with Crippen LogP contribution in [-0.4, -0.2) is 46.1 Å². The molecule has 6 N–H and O–H groups in total. The van der Waals surface area contributed by atoms with Gasteiger partial charge in [-0.05, 0) is 19.4 Å². The van der Waals surface area contributed by atoms with Gasteiger partial charge < -0.3 is 21.9 Å². The van der Waals surface area contributed by atoms with Gasteiger partial charge in [-0.2, -0.15) is 5.10 Å². The van der Waals surface area contributed by atoms with E-state index in [0.29, 0.717) is 0 Å². The number of nitrogens with one attached hydrogen (secondary N) is 1. The number of hydrogen-bond donors (Lipinski definition) is 4. The van der Waals surface area contributed by atoms with Crippen molar-refractivity contribution in [3.05, 3.63) is 35.9 Å². The van der Waals surface area contributed by atoms with Crippen molar-refractivity contribution >= 4 is 30.1 Å². The van der Waals surface area contributed by atoms with Gasteiger partial charge in [0.1, 0.15) is 0 Å². The number of likely N-dealkylation sites (tertiary alicyclic amines) is 1. The number of amides is 3. The molecule has 1 saturated heterocycles. The van der Waals surface area contributed by atoms with Gasteiger partial charge in [0.15, 0.2) is 6.04 Å². The van der Waals surface area contributed by atoms with Crippen LogP contribution in [0.2, 0.25) is 0 Å². The van der Waals surface area contributed by atoms with Crippen molar-refractivity contribution in [2.24, 2.45) is 27.1 Å². The van der Waals surface area contributed by atoms with E-state index in [9.17, 15) is 19.5 Å². The smallest absolute Gasteiger partial charge is 0.328 e. The topological polar surface area (TPSA) is 163 Å². The first-order valence-corrected chi connectivity index (χ1v) is 8.21. The van der Waals surface area contributed by atoms with Crippen LogP contribution in [-0.2, 0) is 9.59 Å². The number of benzene rings is 1. The summed E-state index contributed by atoms with van der Waals surface area (Å²) in [6, 6.07) is 6.65. The minimum atomic E-state index is -1.32. The van der Waals surface area contributed by atoms with Gasteiger partial charge in [0, 0.05) is 12.6 Å². The Labute approximate surface area is 155 Å². The third kappa shape index (κ3) is 4.05. The van der Waals surface area contributed by atoms with Crippen molar-refractivity contribution in [2.75, 3.05) is 0 Å². The molecule has 144 valence electrons. The summed E-state index contributed by atoms with van der Waals surface area (Å²) in [6.07, 6.45) is 1.22. The molecule has 0 spiro atoms. The second-order valence-corrected chi connectivity index (χ2v) is 6.44. The Kier molecular flexibility index (Phi) is 5.78. The molecule has 10 heteroatoms. The van der Waals surface area contributed by atoms with Crippen molar-refractivity contribution in [3.8, 4) is 0 Å². The molecule has 1 heterocycles. The van der Waals surface area contributed by atoms with Crippen LogP contribution < -0.4 is 16.8 Å². The fourth-order valence-corrected chi connectivity index (χ4v) is 2.94. The third-order valence-electron chi connectivity index (χ3n) is 4.43. The predicted molar refractivity (Wildman–Crippen MR) is 98.7 cm³/mol. The SMILES string of the molecule is C[C@@H](NC(=O)N1C(=O)[C@](C)(CC=NN=C(N)N)[C@H]1C(=O)O)c1ccccc1. The molecule has 0 aromatic heterocycles. The van der Waals surface area contributed by atoms with Crippen LogP contribution in [0.25, 0.3) is 0 Å². The molecule has 0 unspecified atom stereocenters. The first-order valence-electron chi connectivity index (χ1n) is 8.21. The van der Waals surface area contributed by atoms with E-state index in [1.54, 1.807) is 6.92 Å². The second kappa shape index (κ2) is 7.85. The Hall–Kier alpha value is -3.43. The number of aliphatic carboxylic acids is 1. The highest BCUT2D eigenvalue weighted by Gasteiger charge is 2.63. The number of hydrogen-bond acceptors (Lipinski definition) is 5. The van der Waals surface area contributed by atoms with E-state index in [1.165, 1.54) is 13.1 Å². The van der Waals surface area contributed by atoms with Crippen LogP contribution in [0.4, 0.5) is 4.79 Å². The number of guanidine groups is 1. The standard InChI is InChI=1S/C17H22N6O4/c1-10(11-6-4-3-5-7-11)21-16(27)23-12(13(24)25)17(2,14(23)26)8-9-20-22-15(18)19/h3-7,9-10,12H,8H2,1-2H3,(H,21,27)(H,24,25)(H4,18,19,22)/t10-,12-,17-/m1/s1. The number of rotatable bonds is 6. The lowest BCUT2D eigenvalue weighted by Crippen LogP contribution is -2.73. The minimum Gasteiger partial charge on any atom is -0.480 e. The number of nitrogens with zero attached hydrogens (tertiary/aromatic N) is 3. The van der Waals surface area contributed by atoms with Gasteiger partial charge in [-0.15, -0.1) is 5.10 Å². The number of urea groups is 1. The maximum Gasteiger partial charge on any atom is 0.328 e. The van der Waals surface area contributed by atoms with Crippen molar-refractivity contribution in [3.63, 3.8) is 0 Å². The molecule has 0 bridgehead atoms. The molecule has 1 aliphatic heterocycles. The van der Waals surface area contributed by atoms with Crippen molar-refractivity contribution < 1.29 is 19.5 Å². The molecular weight excluding hydrogens is 352 g/mol. The number of carbonyl (C=O) groups excluding carboxylic acids is 2. The van der Waals surface area contributed by atoms with Gasteiger partial charge in [0.05, 0.1) is 11.5 Å². The van der Waals surface area contributed by atoms with E-state index >= 15 is 0 Å². The molecule has 2 rings (SSSR count). The van der Waals surface area contributed by atoms with Gasteiger partial charge in [-0.3, -0.25) is 4.79 Å². The van der Waals surface area contributed by atoms with E-state index < -0.39 is 35.4 Å². The summed E-state index contributed by atoms with van der Waals surface area (Å²) in [7, 11) is 0. The van der Waals surface area contributed by atoms with E-state index in [0.717, 1.165) is 10.5 Å². The summed E-state index contributed by atoms with van der Waals surface area (Å²) in [6.45, 7) is 3.20. The summed E-state index contributed by atoms with van der Waals surface area (Å²) in [5.41, 5.74) is 9.79. The van der Waals surface area contributed by atoms with E-state index in [-0.39, 0.29) is 12.4 Å². The molecule has 0 aliphatic carbocycles. The molecule has 1 aromatic rings. The molecular formula is C17H22N6O4. The maximum atomic E-state index is 12.5. The zero-order valence-corrected chi connectivity index (χ0v) is 15.0. The lowest BCUT2D eigenvalue weighted by atomic mass is 9.70. The monoisotopic (exact) mass is 374 g/mol. The fourth-order valence-electron chi connectivity index (χ4n) is 2.94. The number of carboxylic acid groups (broad SMARTS) is 1. The zero-order chi connectivity index (χ0) is 20.2. The highest BCUT2D eigenvalue weighted by Crippen LogP contribution is 2.42. The Morgan fingerprint density at radius 3 is 2.56 bits per heavy atom. The van der Waals surface area contributed by atoms with Gasteiger partial charge in [-0.1, -0.05) is 30.3 Å². The molecule has 0 radical (unpaired) electrons. The summed E-state index contributed by atoms with van der Waals surface area (Å²) >= 11 is 0. The third-order valence-corrected chi connectivity index (χ3v) is 4.43. The van der Waals surface area contributed by atoms with Crippen LogP contribution in [0, 0.1) is 5.41 Å². The predicted octanol–water partition coefficient (Wildman–Crippen LogP) is 0.408. The van der Waals surface area contributed by atoms with Crippen LogP contribution in [0.15, 0.2) is 40.5 Å². The van der Waals surface area contributed by atoms with E-state index in [1.807, 2.05) is 30.3 Å². The van der Waals surface area contributed by atoms with Crippen LogP contribution in [0.5, 0.6) is 0 Å². The quantitative estimate of drug-likeness (QED) is 0.244. The Morgan fingerprint density at radius 2 is 2.00 bits per heavy atom. The number of carboxylic acids is 1. The average Bonchev–Trinajstić information content (AvgIpc) is 2.62. The summed E-state index contributed by atoms with van der Waals surface area (Å²) in [4.78, 5) is 37.4. The number of β-lactam (4-membered cyclic amide) rings is 1. The summed E-state index contributed by atoms with van der Waals surface area (Å²) in [5, 5.41) is 19.1. The molecule has 1 aromatic carbocycles. The molecule has 10 nitrogen and oxygen atoms in total. The number of carbonyl (C=O) groups is 3. The van der Waals surface area contributed by atoms with Crippen LogP contribution in [0.1, 0.15) is 31.9 Å². The first kappa shape index (κ1) is 19.9. The van der Waals surface area contributed by atoms with Crippen molar-refractivity contribution in [1.82, 2.24) is 10.2 Å².